The van der Waals surface area contributed by atoms with Crippen molar-refractivity contribution in [2.45, 2.75) is 6.42 Å². The first-order valence-corrected chi connectivity index (χ1v) is 6.99. The molecule has 0 aliphatic carbocycles. The summed E-state index contributed by atoms with van der Waals surface area (Å²) in [6.07, 6.45) is 6.07. The summed E-state index contributed by atoms with van der Waals surface area (Å²) in [7, 11) is 1.85. The number of aliphatic hydroxyl groups excluding tert-OH is 1. The summed E-state index contributed by atoms with van der Waals surface area (Å²) < 4.78 is 1.73. The highest BCUT2D eigenvalue weighted by Crippen LogP contribution is 2.05. The van der Waals surface area contributed by atoms with Crippen LogP contribution in [-0.2, 0) is 11.8 Å². The second kappa shape index (κ2) is 7.21. The van der Waals surface area contributed by atoms with Gasteiger partial charge < -0.3 is 10.0 Å². The largest absolute Gasteiger partial charge is 0.395 e. The number of nitrogens with zero attached hydrogens (tertiary/aromatic N) is 4. The highest BCUT2D eigenvalue weighted by molar-refractivity contribution is 5.91. The van der Waals surface area contributed by atoms with Gasteiger partial charge in [-0.3, -0.25) is 14.4 Å². The van der Waals surface area contributed by atoms with Crippen LogP contribution in [0.1, 0.15) is 12.1 Å². The molecule has 1 aliphatic heterocycles. The maximum atomic E-state index is 12.2. The van der Waals surface area contributed by atoms with E-state index in [4.69, 9.17) is 5.11 Å². The number of amides is 1. The molecule has 0 atom stereocenters. The topological polar surface area (TPSA) is 61.6 Å². The van der Waals surface area contributed by atoms with Crippen molar-refractivity contribution in [2.24, 2.45) is 7.05 Å². The standard InChI is InChI=1S/C14H22N4O2/c1-16-13(5-6-15-16)3-4-14(20)18-8-2-7-17(9-10-18)11-12-19/h3-6,19H,2,7-12H2,1H3. The van der Waals surface area contributed by atoms with Gasteiger partial charge in [0.1, 0.15) is 0 Å². The van der Waals surface area contributed by atoms with Crippen molar-refractivity contribution in [2.75, 3.05) is 39.3 Å². The van der Waals surface area contributed by atoms with Gasteiger partial charge >= 0.3 is 0 Å². The predicted octanol–water partition coefficient (Wildman–Crippen LogP) is -0.0401. The maximum Gasteiger partial charge on any atom is 0.246 e. The Balaban J connectivity index is 1.89. The number of hydrogen-bond donors (Lipinski definition) is 1. The Labute approximate surface area is 119 Å². The lowest BCUT2D eigenvalue weighted by molar-refractivity contribution is -0.125. The molecule has 1 aliphatic rings. The molecule has 6 nitrogen and oxygen atoms in total. The van der Waals surface area contributed by atoms with Crippen LogP contribution in [0, 0.1) is 0 Å². The summed E-state index contributed by atoms with van der Waals surface area (Å²) in [4.78, 5) is 16.2. The fourth-order valence-electron chi connectivity index (χ4n) is 2.37. The van der Waals surface area contributed by atoms with Crippen molar-refractivity contribution in [3.05, 3.63) is 24.0 Å². The smallest absolute Gasteiger partial charge is 0.246 e. The first-order chi connectivity index (χ1) is 9.70. The minimum absolute atomic E-state index is 0.0389. The molecule has 1 N–H and O–H groups in total. The van der Waals surface area contributed by atoms with Crippen molar-refractivity contribution in [1.82, 2.24) is 19.6 Å². The summed E-state index contributed by atoms with van der Waals surface area (Å²) in [6.45, 7) is 4.12. The van der Waals surface area contributed by atoms with Crippen molar-refractivity contribution in [1.29, 1.82) is 0 Å². The van der Waals surface area contributed by atoms with Crippen LogP contribution in [0.15, 0.2) is 18.3 Å². The van der Waals surface area contributed by atoms with Crippen LogP contribution in [0.5, 0.6) is 0 Å². The normalized spacial score (nSPS) is 17.6. The minimum Gasteiger partial charge on any atom is -0.395 e. The van der Waals surface area contributed by atoms with Gasteiger partial charge in [-0.05, 0) is 25.1 Å². The second-order valence-corrected chi connectivity index (χ2v) is 4.96. The first kappa shape index (κ1) is 14.7. The highest BCUT2D eigenvalue weighted by atomic mass is 16.3. The quantitative estimate of drug-likeness (QED) is 0.785. The van der Waals surface area contributed by atoms with E-state index in [1.165, 1.54) is 0 Å². The number of aryl methyl sites for hydroxylation is 1. The fraction of sp³-hybridized carbons (Fsp3) is 0.571. The summed E-state index contributed by atoms with van der Waals surface area (Å²) in [6, 6.07) is 1.87. The molecule has 0 spiro atoms. The molecule has 2 heterocycles. The van der Waals surface area contributed by atoms with Gasteiger partial charge in [0.05, 0.1) is 12.3 Å². The molecule has 20 heavy (non-hydrogen) atoms. The molecule has 1 saturated heterocycles. The molecule has 1 amide bonds. The summed E-state index contributed by atoms with van der Waals surface area (Å²) in [5.74, 6) is 0.0389. The van der Waals surface area contributed by atoms with E-state index in [9.17, 15) is 4.79 Å². The SMILES string of the molecule is Cn1nccc1C=CC(=O)N1CCCN(CCO)CC1. The van der Waals surface area contributed by atoms with E-state index in [1.807, 2.05) is 18.0 Å². The average Bonchev–Trinajstić information content (AvgIpc) is 2.71. The molecule has 1 fully saturated rings. The van der Waals surface area contributed by atoms with Crippen LogP contribution in [-0.4, -0.2) is 69.9 Å². The molecule has 0 saturated carbocycles. The van der Waals surface area contributed by atoms with Gasteiger partial charge in [-0.1, -0.05) is 0 Å². The van der Waals surface area contributed by atoms with Crippen molar-refractivity contribution in [3.63, 3.8) is 0 Å². The number of rotatable bonds is 4. The van der Waals surface area contributed by atoms with Gasteiger partial charge in [0.15, 0.2) is 0 Å². The zero-order valence-corrected chi connectivity index (χ0v) is 11.9. The maximum absolute atomic E-state index is 12.2. The Bertz CT molecular complexity index is 469. The van der Waals surface area contributed by atoms with E-state index in [0.29, 0.717) is 13.1 Å². The molecule has 6 heteroatoms. The van der Waals surface area contributed by atoms with Crippen molar-refractivity contribution >= 4 is 12.0 Å². The zero-order chi connectivity index (χ0) is 14.4. The monoisotopic (exact) mass is 278 g/mol. The highest BCUT2D eigenvalue weighted by Gasteiger charge is 2.16. The molecule has 0 unspecified atom stereocenters. The first-order valence-electron chi connectivity index (χ1n) is 6.99. The third-order valence-corrected chi connectivity index (χ3v) is 3.57. The lowest BCUT2D eigenvalue weighted by atomic mass is 10.3. The van der Waals surface area contributed by atoms with Crippen LogP contribution < -0.4 is 0 Å². The fourth-order valence-corrected chi connectivity index (χ4v) is 2.37. The number of carbonyl (C=O) groups is 1. The Morgan fingerprint density at radius 2 is 2.25 bits per heavy atom. The predicted molar refractivity (Wildman–Crippen MR) is 77.0 cm³/mol. The van der Waals surface area contributed by atoms with Crippen molar-refractivity contribution in [3.8, 4) is 0 Å². The second-order valence-electron chi connectivity index (χ2n) is 4.96. The zero-order valence-electron chi connectivity index (χ0n) is 11.9. The van der Waals surface area contributed by atoms with E-state index in [-0.39, 0.29) is 12.5 Å². The number of aromatic nitrogens is 2. The van der Waals surface area contributed by atoms with Crippen LogP contribution in [0.25, 0.3) is 6.08 Å². The van der Waals surface area contributed by atoms with Gasteiger partial charge in [-0.25, -0.2) is 0 Å². The number of hydrogen-bond acceptors (Lipinski definition) is 4. The molecule has 2 rings (SSSR count). The molecular weight excluding hydrogens is 256 g/mol. The van der Waals surface area contributed by atoms with E-state index in [2.05, 4.69) is 10.00 Å². The third kappa shape index (κ3) is 3.91. The Kier molecular flexibility index (Phi) is 5.31. The van der Waals surface area contributed by atoms with E-state index < -0.39 is 0 Å². The van der Waals surface area contributed by atoms with E-state index in [1.54, 1.807) is 23.0 Å². The molecular formula is C14H22N4O2. The summed E-state index contributed by atoms with van der Waals surface area (Å²) in [5.41, 5.74) is 0.912. The minimum atomic E-state index is 0.0389. The lowest BCUT2D eigenvalue weighted by Gasteiger charge is -2.20. The Morgan fingerprint density at radius 1 is 1.40 bits per heavy atom. The molecule has 1 aromatic heterocycles. The Hall–Kier alpha value is -1.66. The molecule has 0 radical (unpaired) electrons. The van der Waals surface area contributed by atoms with Crippen LogP contribution in [0.4, 0.5) is 0 Å². The number of carbonyl (C=O) groups excluding carboxylic acids is 1. The summed E-state index contributed by atoms with van der Waals surface area (Å²) in [5, 5.41) is 13.0. The van der Waals surface area contributed by atoms with Crippen LogP contribution in [0.2, 0.25) is 0 Å². The van der Waals surface area contributed by atoms with Gasteiger partial charge in [-0.15, -0.1) is 0 Å². The summed E-state index contributed by atoms with van der Waals surface area (Å²) >= 11 is 0. The average molecular weight is 278 g/mol. The van der Waals surface area contributed by atoms with E-state index >= 15 is 0 Å². The molecule has 1 aromatic rings. The van der Waals surface area contributed by atoms with Crippen molar-refractivity contribution < 1.29 is 9.90 Å². The van der Waals surface area contributed by atoms with Gasteiger partial charge in [0.2, 0.25) is 5.91 Å². The number of β-amino-alcohol motifs (C(OH)–C–C–N with tert-alkyl or cyclic N) is 1. The molecule has 110 valence electrons. The Morgan fingerprint density at radius 3 is 2.95 bits per heavy atom. The van der Waals surface area contributed by atoms with Gasteiger partial charge in [0, 0.05) is 45.5 Å². The van der Waals surface area contributed by atoms with E-state index in [0.717, 1.165) is 31.7 Å². The van der Waals surface area contributed by atoms with Gasteiger partial charge in [0.25, 0.3) is 0 Å². The van der Waals surface area contributed by atoms with Crippen LogP contribution >= 0.6 is 0 Å². The third-order valence-electron chi connectivity index (χ3n) is 3.57. The van der Waals surface area contributed by atoms with Crippen LogP contribution in [0.3, 0.4) is 0 Å². The molecule has 0 aromatic carbocycles. The molecule has 0 bridgehead atoms. The van der Waals surface area contributed by atoms with Gasteiger partial charge in [-0.2, -0.15) is 5.10 Å². The number of aliphatic hydroxyl groups is 1. The lowest BCUT2D eigenvalue weighted by Crippen LogP contribution is -2.35.